The van der Waals surface area contributed by atoms with Crippen LogP contribution in [0.3, 0.4) is 0 Å². The van der Waals surface area contributed by atoms with Gasteiger partial charge in [-0.15, -0.1) is 0 Å². The molecule has 0 spiro atoms. The van der Waals surface area contributed by atoms with Gasteiger partial charge in [-0.25, -0.2) is 0 Å². The van der Waals surface area contributed by atoms with Crippen molar-refractivity contribution in [2.75, 3.05) is 0 Å². The summed E-state index contributed by atoms with van der Waals surface area (Å²) in [7, 11) is 0. The zero-order valence-corrected chi connectivity index (χ0v) is 9.30. The molecular formula is C12H23NO. The standard InChI is InChI=1S/C12H23NO/c1-2-3-4-5-6-12(14)10-7-8-11(13)9-10/h10-11H,2-9,13H2,1H3. The van der Waals surface area contributed by atoms with E-state index >= 15 is 0 Å². The van der Waals surface area contributed by atoms with Crippen LogP contribution in [0.2, 0.25) is 0 Å². The third-order valence-corrected chi connectivity index (χ3v) is 3.21. The molecule has 1 saturated carbocycles. The van der Waals surface area contributed by atoms with E-state index in [4.69, 9.17) is 5.73 Å². The molecule has 2 atom stereocenters. The van der Waals surface area contributed by atoms with Crippen molar-refractivity contribution in [2.24, 2.45) is 11.7 Å². The zero-order valence-electron chi connectivity index (χ0n) is 9.30. The molecule has 0 aromatic carbocycles. The van der Waals surface area contributed by atoms with Crippen molar-refractivity contribution in [2.45, 2.75) is 64.3 Å². The molecule has 0 aromatic rings. The maximum Gasteiger partial charge on any atom is 0.136 e. The Morgan fingerprint density at radius 1 is 1.29 bits per heavy atom. The molecule has 0 saturated heterocycles. The van der Waals surface area contributed by atoms with E-state index in [2.05, 4.69) is 6.92 Å². The summed E-state index contributed by atoms with van der Waals surface area (Å²) >= 11 is 0. The van der Waals surface area contributed by atoms with Gasteiger partial charge < -0.3 is 5.73 Å². The summed E-state index contributed by atoms with van der Waals surface area (Å²) in [5.74, 6) is 0.765. The maximum absolute atomic E-state index is 11.7. The van der Waals surface area contributed by atoms with E-state index in [1.165, 1.54) is 19.3 Å². The van der Waals surface area contributed by atoms with E-state index in [1.54, 1.807) is 0 Å². The molecule has 0 aliphatic heterocycles. The number of carbonyl (C=O) groups is 1. The van der Waals surface area contributed by atoms with Gasteiger partial charge in [0.2, 0.25) is 0 Å². The highest BCUT2D eigenvalue weighted by Crippen LogP contribution is 2.26. The second-order valence-electron chi connectivity index (χ2n) is 4.55. The second kappa shape index (κ2) is 6.18. The van der Waals surface area contributed by atoms with E-state index in [1.807, 2.05) is 0 Å². The van der Waals surface area contributed by atoms with Crippen LogP contribution in [0.15, 0.2) is 0 Å². The topological polar surface area (TPSA) is 43.1 Å². The van der Waals surface area contributed by atoms with Crippen LogP contribution < -0.4 is 5.73 Å². The first-order chi connectivity index (χ1) is 6.74. The van der Waals surface area contributed by atoms with E-state index in [9.17, 15) is 4.79 Å². The smallest absolute Gasteiger partial charge is 0.136 e. The zero-order chi connectivity index (χ0) is 10.4. The van der Waals surface area contributed by atoms with Crippen molar-refractivity contribution in [3.63, 3.8) is 0 Å². The fourth-order valence-corrected chi connectivity index (χ4v) is 2.24. The number of rotatable bonds is 6. The highest BCUT2D eigenvalue weighted by Gasteiger charge is 2.26. The molecule has 0 bridgehead atoms. The van der Waals surface area contributed by atoms with Gasteiger partial charge >= 0.3 is 0 Å². The highest BCUT2D eigenvalue weighted by atomic mass is 16.1. The van der Waals surface area contributed by atoms with Crippen molar-refractivity contribution in [3.05, 3.63) is 0 Å². The first-order valence-electron chi connectivity index (χ1n) is 6.02. The predicted octanol–water partition coefficient (Wildman–Crippen LogP) is 2.65. The molecule has 1 aliphatic carbocycles. The molecule has 2 unspecified atom stereocenters. The number of hydrogen-bond acceptors (Lipinski definition) is 2. The first-order valence-corrected chi connectivity index (χ1v) is 6.02. The summed E-state index contributed by atoms with van der Waals surface area (Å²) in [6.45, 7) is 2.19. The quantitative estimate of drug-likeness (QED) is 0.665. The molecule has 0 amide bonds. The monoisotopic (exact) mass is 197 g/mol. The molecule has 1 fully saturated rings. The maximum atomic E-state index is 11.7. The Morgan fingerprint density at radius 2 is 2.07 bits per heavy atom. The van der Waals surface area contributed by atoms with E-state index in [0.29, 0.717) is 17.7 Å². The first kappa shape index (κ1) is 11.7. The Morgan fingerprint density at radius 3 is 2.64 bits per heavy atom. The van der Waals surface area contributed by atoms with Gasteiger partial charge in [0.25, 0.3) is 0 Å². The lowest BCUT2D eigenvalue weighted by Crippen LogP contribution is -2.17. The van der Waals surface area contributed by atoms with Crippen LogP contribution in [0.1, 0.15) is 58.3 Å². The second-order valence-corrected chi connectivity index (χ2v) is 4.55. The van der Waals surface area contributed by atoms with Gasteiger partial charge in [0.1, 0.15) is 5.78 Å². The summed E-state index contributed by atoms with van der Waals surface area (Å²) in [6.07, 6.45) is 8.60. The number of hydrogen-bond donors (Lipinski definition) is 1. The van der Waals surface area contributed by atoms with E-state index < -0.39 is 0 Å². The number of Topliss-reactive ketones (excluding diaryl/α,β-unsaturated/α-hetero) is 1. The predicted molar refractivity (Wildman–Crippen MR) is 59.1 cm³/mol. The Labute approximate surface area is 87.2 Å². The van der Waals surface area contributed by atoms with Crippen molar-refractivity contribution in [1.82, 2.24) is 0 Å². The lowest BCUT2D eigenvalue weighted by molar-refractivity contribution is -0.122. The fourth-order valence-electron chi connectivity index (χ4n) is 2.24. The molecule has 82 valence electrons. The molecular weight excluding hydrogens is 174 g/mol. The summed E-state index contributed by atoms with van der Waals surface area (Å²) < 4.78 is 0. The molecule has 1 aliphatic rings. The van der Waals surface area contributed by atoms with Gasteiger partial charge in [-0.2, -0.15) is 0 Å². The molecule has 2 heteroatoms. The summed E-state index contributed by atoms with van der Waals surface area (Å²) in [5, 5.41) is 0. The Kier molecular flexibility index (Phi) is 5.16. The van der Waals surface area contributed by atoms with Crippen LogP contribution in [0.5, 0.6) is 0 Å². The van der Waals surface area contributed by atoms with Gasteiger partial charge in [0.15, 0.2) is 0 Å². The molecule has 0 radical (unpaired) electrons. The van der Waals surface area contributed by atoms with Crippen LogP contribution in [0.25, 0.3) is 0 Å². The van der Waals surface area contributed by atoms with E-state index in [0.717, 1.165) is 32.1 Å². The molecule has 14 heavy (non-hydrogen) atoms. The average Bonchev–Trinajstić information content (AvgIpc) is 2.59. The SMILES string of the molecule is CCCCCCC(=O)C1CCC(N)C1. The van der Waals surface area contributed by atoms with Gasteiger partial charge in [0, 0.05) is 18.4 Å². The molecule has 1 rings (SSSR count). The fraction of sp³-hybridized carbons (Fsp3) is 0.917. The Balaban J connectivity index is 2.09. The number of nitrogens with two attached hydrogens (primary N) is 1. The Hall–Kier alpha value is -0.370. The number of carbonyl (C=O) groups excluding carboxylic acids is 1. The normalized spacial score (nSPS) is 26.7. The lowest BCUT2D eigenvalue weighted by Gasteiger charge is -2.07. The van der Waals surface area contributed by atoms with Crippen molar-refractivity contribution < 1.29 is 4.79 Å². The van der Waals surface area contributed by atoms with Crippen LogP contribution >= 0.6 is 0 Å². The minimum absolute atomic E-state index is 0.291. The van der Waals surface area contributed by atoms with Gasteiger partial charge in [-0.05, 0) is 25.7 Å². The minimum atomic E-state index is 0.291. The van der Waals surface area contributed by atoms with Crippen molar-refractivity contribution >= 4 is 5.78 Å². The summed E-state index contributed by atoms with van der Waals surface area (Å²) in [4.78, 5) is 11.7. The lowest BCUT2D eigenvalue weighted by atomic mass is 9.97. The van der Waals surface area contributed by atoms with Crippen LogP contribution in [-0.2, 0) is 4.79 Å². The van der Waals surface area contributed by atoms with Gasteiger partial charge in [0.05, 0.1) is 0 Å². The van der Waals surface area contributed by atoms with Crippen LogP contribution in [0, 0.1) is 5.92 Å². The number of unbranched alkanes of at least 4 members (excludes halogenated alkanes) is 3. The van der Waals surface area contributed by atoms with E-state index in [-0.39, 0.29) is 0 Å². The highest BCUT2D eigenvalue weighted by molar-refractivity contribution is 5.81. The van der Waals surface area contributed by atoms with Crippen LogP contribution in [-0.4, -0.2) is 11.8 Å². The van der Waals surface area contributed by atoms with Gasteiger partial charge in [-0.3, -0.25) is 4.79 Å². The molecule has 2 N–H and O–H groups in total. The largest absolute Gasteiger partial charge is 0.328 e. The van der Waals surface area contributed by atoms with Crippen molar-refractivity contribution in [1.29, 1.82) is 0 Å². The Bertz CT molecular complexity index is 179. The van der Waals surface area contributed by atoms with Gasteiger partial charge in [-0.1, -0.05) is 26.2 Å². The molecule has 0 heterocycles. The summed E-state index contributed by atoms with van der Waals surface area (Å²) in [5.41, 5.74) is 5.79. The summed E-state index contributed by atoms with van der Waals surface area (Å²) in [6, 6.07) is 0.291. The third kappa shape index (κ3) is 3.79. The third-order valence-electron chi connectivity index (χ3n) is 3.21. The minimum Gasteiger partial charge on any atom is -0.328 e. The van der Waals surface area contributed by atoms with Crippen LogP contribution in [0.4, 0.5) is 0 Å². The number of ketones is 1. The average molecular weight is 197 g/mol. The molecule has 2 nitrogen and oxygen atoms in total. The van der Waals surface area contributed by atoms with Crippen molar-refractivity contribution in [3.8, 4) is 0 Å². The molecule has 0 aromatic heterocycles.